The molecule has 0 aliphatic rings. The first kappa shape index (κ1) is 12.4. The molecule has 4 heteroatoms. The van der Waals surface area contributed by atoms with E-state index >= 15 is 0 Å². The summed E-state index contributed by atoms with van der Waals surface area (Å²) in [5, 5.41) is 9.05. The van der Waals surface area contributed by atoms with Crippen LogP contribution in [0.5, 0.6) is 0 Å². The van der Waals surface area contributed by atoms with Gasteiger partial charge in [0, 0.05) is 5.56 Å². The summed E-state index contributed by atoms with van der Waals surface area (Å²) in [5.41, 5.74) is 4.20. The van der Waals surface area contributed by atoms with Crippen molar-refractivity contribution in [2.24, 2.45) is 5.73 Å². The molecule has 0 saturated carbocycles. The molecule has 1 unspecified atom stereocenters. The van der Waals surface area contributed by atoms with Crippen LogP contribution >= 0.6 is 0 Å². The average molecular weight is 221 g/mol. The molecule has 0 fully saturated rings. The highest BCUT2D eigenvalue weighted by Crippen LogP contribution is 2.17. The van der Waals surface area contributed by atoms with E-state index in [1.54, 1.807) is 37.3 Å². The van der Waals surface area contributed by atoms with Gasteiger partial charge in [-0.2, -0.15) is 0 Å². The fourth-order valence-electron chi connectivity index (χ4n) is 1.56. The molecule has 16 heavy (non-hydrogen) atoms. The molecule has 1 aromatic carbocycles. The second kappa shape index (κ2) is 4.90. The molecule has 0 aromatic heterocycles. The number of ketones is 1. The molecule has 0 bridgehead atoms. The Bertz CT molecular complexity index is 389. The van der Waals surface area contributed by atoms with Gasteiger partial charge in [0.15, 0.2) is 11.3 Å². The molecule has 1 atom stereocenters. The lowest BCUT2D eigenvalue weighted by molar-refractivity contribution is -0.141. The van der Waals surface area contributed by atoms with Crippen LogP contribution in [0.3, 0.4) is 0 Å². The van der Waals surface area contributed by atoms with E-state index in [2.05, 4.69) is 0 Å². The van der Waals surface area contributed by atoms with E-state index in [9.17, 15) is 9.59 Å². The number of hydrogen-bond acceptors (Lipinski definition) is 3. The lowest BCUT2D eigenvalue weighted by Gasteiger charge is -2.22. The number of Topliss-reactive ketones (excluding diaryl/α,β-unsaturated/α-hetero) is 1. The number of carboxylic acids is 1. The SMILES string of the molecule is CCCC(N)(C(=O)O)C(=O)c1ccccc1. The third kappa shape index (κ3) is 2.28. The predicted molar refractivity (Wildman–Crippen MR) is 60.2 cm³/mol. The zero-order valence-corrected chi connectivity index (χ0v) is 9.14. The first-order valence-corrected chi connectivity index (χ1v) is 5.14. The van der Waals surface area contributed by atoms with Crippen LogP contribution in [-0.2, 0) is 4.79 Å². The van der Waals surface area contributed by atoms with E-state index in [4.69, 9.17) is 10.8 Å². The summed E-state index contributed by atoms with van der Waals surface area (Å²) in [6.45, 7) is 1.79. The highest BCUT2D eigenvalue weighted by atomic mass is 16.4. The Balaban J connectivity index is 3.06. The molecule has 4 nitrogen and oxygen atoms in total. The van der Waals surface area contributed by atoms with Gasteiger partial charge in [0.25, 0.3) is 0 Å². The van der Waals surface area contributed by atoms with E-state index in [0.717, 1.165) is 0 Å². The van der Waals surface area contributed by atoms with Gasteiger partial charge >= 0.3 is 5.97 Å². The molecule has 86 valence electrons. The maximum Gasteiger partial charge on any atom is 0.331 e. The molecule has 0 aliphatic carbocycles. The fraction of sp³-hybridized carbons (Fsp3) is 0.333. The third-order valence-electron chi connectivity index (χ3n) is 2.47. The Labute approximate surface area is 94.1 Å². The van der Waals surface area contributed by atoms with Crippen molar-refractivity contribution in [1.82, 2.24) is 0 Å². The summed E-state index contributed by atoms with van der Waals surface area (Å²) in [6, 6.07) is 8.27. The smallest absolute Gasteiger partial charge is 0.331 e. The first-order chi connectivity index (χ1) is 7.52. The van der Waals surface area contributed by atoms with Gasteiger partial charge in [-0.1, -0.05) is 43.7 Å². The molecule has 3 N–H and O–H groups in total. The minimum Gasteiger partial charge on any atom is -0.480 e. The summed E-state index contributed by atoms with van der Waals surface area (Å²) >= 11 is 0. The van der Waals surface area contributed by atoms with Crippen LogP contribution in [0.1, 0.15) is 30.1 Å². The van der Waals surface area contributed by atoms with Crippen LogP contribution in [-0.4, -0.2) is 22.4 Å². The Morgan fingerprint density at radius 1 is 1.31 bits per heavy atom. The molecule has 0 aliphatic heterocycles. The Kier molecular flexibility index (Phi) is 3.79. The minimum atomic E-state index is -1.81. The minimum absolute atomic E-state index is 0.135. The van der Waals surface area contributed by atoms with Crippen LogP contribution in [0.2, 0.25) is 0 Å². The highest BCUT2D eigenvalue weighted by molar-refractivity contribution is 6.15. The van der Waals surface area contributed by atoms with Crippen LogP contribution in [0.15, 0.2) is 30.3 Å². The number of nitrogens with two attached hydrogens (primary N) is 1. The zero-order valence-electron chi connectivity index (χ0n) is 9.14. The van der Waals surface area contributed by atoms with Crippen molar-refractivity contribution in [2.45, 2.75) is 25.3 Å². The maximum absolute atomic E-state index is 12.0. The van der Waals surface area contributed by atoms with Gasteiger partial charge in [0.1, 0.15) is 0 Å². The zero-order chi connectivity index (χ0) is 12.2. The van der Waals surface area contributed by atoms with Crippen molar-refractivity contribution in [1.29, 1.82) is 0 Å². The van der Waals surface area contributed by atoms with E-state index in [-0.39, 0.29) is 6.42 Å². The molecule has 0 heterocycles. The summed E-state index contributed by atoms with van der Waals surface area (Å²) < 4.78 is 0. The van der Waals surface area contributed by atoms with Crippen molar-refractivity contribution in [2.75, 3.05) is 0 Å². The number of rotatable bonds is 5. The van der Waals surface area contributed by atoms with Crippen LogP contribution in [0, 0.1) is 0 Å². The first-order valence-electron chi connectivity index (χ1n) is 5.14. The lowest BCUT2D eigenvalue weighted by atomic mass is 9.86. The van der Waals surface area contributed by atoms with Gasteiger partial charge in [-0.05, 0) is 6.42 Å². The Morgan fingerprint density at radius 3 is 2.31 bits per heavy atom. The van der Waals surface area contributed by atoms with Gasteiger partial charge in [-0.3, -0.25) is 4.79 Å². The highest BCUT2D eigenvalue weighted by Gasteiger charge is 2.41. The van der Waals surface area contributed by atoms with Crippen molar-refractivity contribution in [3.05, 3.63) is 35.9 Å². The van der Waals surface area contributed by atoms with Crippen LogP contribution < -0.4 is 5.73 Å². The number of carbonyl (C=O) groups excluding carboxylic acids is 1. The molecule has 0 radical (unpaired) electrons. The van der Waals surface area contributed by atoms with E-state index in [1.807, 2.05) is 0 Å². The van der Waals surface area contributed by atoms with E-state index in [0.29, 0.717) is 12.0 Å². The van der Waals surface area contributed by atoms with Crippen molar-refractivity contribution < 1.29 is 14.7 Å². The molecule has 0 spiro atoms. The van der Waals surface area contributed by atoms with Gasteiger partial charge in [0.2, 0.25) is 0 Å². The number of carboxylic acid groups (broad SMARTS) is 1. The van der Waals surface area contributed by atoms with Crippen molar-refractivity contribution >= 4 is 11.8 Å². The normalized spacial score (nSPS) is 14.1. The molecular formula is C12H15NO3. The second-order valence-corrected chi connectivity index (χ2v) is 3.72. The molecule has 0 amide bonds. The van der Waals surface area contributed by atoms with Crippen LogP contribution in [0.25, 0.3) is 0 Å². The van der Waals surface area contributed by atoms with E-state index in [1.165, 1.54) is 0 Å². The molecule has 1 aromatic rings. The topological polar surface area (TPSA) is 80.4 Å². The molecule has 0 saturated heterocycles. The third-order valence-corrected chi connectivity index (χ3v) is 2.47. The number of benzene rings is 1. The van der Waals surface area contributed by atoms with Crippen molar-refractivity contribution in [3.63, 3.8) is 0 Å². The van der Waals surface area contributed by atoms with Gasteiger partial charge < -0.3 is 10.8 Å². The predicted octanol–water partition coefficient (Wildman–Crippen LogP) is 1.45. The summed E-state index contributed by atoms with van der Waals surface area (Å²) in [4.78, 5) is 23.1. The summed E-state index contributed by atoms with van der Waals surface area (Å²) in [5.74, 6) is -1.81. The fourth-order valence-corrected chi connectivity index (χ4v) is 1.56. The standard InChI is InChI=1S/C12H15NO3/c1-2-8-12(13,11(15)16)10(14)9-6-4-3-5-7-9/h3-7H,2,8,13H2,1H3,(H,15,16). The lowest BCUT2D eigenvalue weighted by Crippen LogP contribution is -2.54. The Morgan fingerprint density at radius 2 is 1.88 bits per heavy atom. The molecule has 1 rings (SSSR count). The number of carbonyl (C=O) groups is 2. The second-order valence-electron chi connectivity index (χ2n) is 3.72. The van der Waals surface area contributed by atoms with Gasteiger partial charge in [0.05, 0.1) is 0 Å². The quantitative estimate of drug-likeness (QED) is 0.582. The number of aliphatic carboxylic acids is 1. The van der Waals surface area contributed by atoms with Gasteiger partial charge in [-0.25, -0.2) is 4.79 Å². The van der Waals surface area contributed by atoms with Crippen molar-refractivity contribution in [3.8, 4) is 0 Å². The Hall–Kier alpha value is -1.68. The summed E-state index contributed by atoms with van der Waals surface area (Å²) in [7, 11) is 0. The molecular weight excluding hydrogens is 206 g/mol. The largest absolute Gasteiger partial charge is 0.480 e. The average Bonchev–Trinajstić information content (AvgIpc) is 2.29. The van der Waals surface area contributed by atoms with Crippen LogP contribution in [0.4, 0.5) is 0 Å². The number of hydrogen-bond donors (Lipinski definition) is 2. The van der Waals surface area contributed by atoms with E-state index < -0.39 is 17.3 Å². The summed E-state index contributed by atoms with van der Waals surface area (Å²) in [6.07, 6.45) is 0.678. The van der Waals surface area contributed by atoms with Gasteiger partial charge in [-0.15, -0.1) is 0 Å². The maximum atomic E-state index is 12.0. The monoisotopic (exact) mass is 221 g/mol.